The first-order chi connectivity index (χ1) is 21.5. The van der Waals surface area contributed by atoms with Crippen LogP contribution in [0.5, 0.6) is 0 Å². The SMILES string of the molecule is CN1[CH-]N(c2[c-]ccc3c2c2cccc4c5ccccc5n3c42)c2ccccc21.Cc1c[c-]c(-c2cc(C)c(C)cn2)cc1.[Ir+3]. The molecule has 4 nitrogen and oxygen atoms in total. The molecule has 0 amide bonds. The molecular formula is C40H31IrN4. The van der Waals surface area contributed by atoms with E-state index >= 15 is 0 Å². The van der Waals surface area contributed by atoms with Crippen molar-refractivity contribution in [3.8, 4) is 11.3 Å². The number of fused-ring (bicyclic) bond motifs is 7. The Morgan fingerprint density at radius 1 is 0.711 bits per heavy atom. The second-order valence-corrected chi connectivity index (χ2v) is 11.7. The average Bonchev–Trinajstić information content (AvgIpc) is 3.70. The van der Waals surface area contributed by atoms with Crippen LogP contribution in [0.1, 0.15) is 16.7 Å². The van der Waals surface area contributed by atoms with E-state index in [1.54, 1.807) is 0 Å². The maximum absolute atomic E-state index is 4.41. The third-order valence-corrected chi connectivity index (χ3v) is 8.83. The Labute approximate surface area is 277 Å². The molecule has 5 aromatic carbocycles. The van der Waals surface area contributed by atoms with Gasteiger partial charge in [-0.25, -0.2) is 0 Å². The number of para-hydroxylation sites is 4. The van der Waals surface area contributed by atoms with E-state index < -0.39 is 0 Å². The average molecular weight is 760 g/mol. The normalized spacial score (nSPS) is 12.5. The first-order valence-corrected chi connectivity index (χ1v) is 15.0. The van der Waals surface area contributed by atoms with Crippen LogP contribution in [-0.2, 0) is 20.1 Å². The summed E-state index contributed by atoms with van der Waals surface area (Å²) < 4.78 is 2.42. The standard InChI is InChI=1S/C26H17N3.C14H14N.Ir/c1-27-16-28(22-13-5-4-12-21(22)27)23-14-7-15-24-25(23)19-10-6-9-18-17-8-2-3-11-20(17)29(24)26(18)19;1-10-4-6-13(7-5-10)14-8-11(2)12(3)9-15-14;/h2-13,15-16H,1H3;4-6,8-9H,1-3H3;/q-2;-1;+3. The van der Waals surface area contributed by atoms with Crippen LogP contribution < -0.4 is 9.80 Å². The summed E-state index contributed by atoms with van der Waals surface area (Å²) >= 11 is 0. The largest absolute Gasteiger partial charge is 3.00 e. The predicted molar refractivity (Wildman–Crippen MR) is 184 cm³/mol. The van der Waals surface area contributed by atoms with Gasteiger partial charge in [-0.15, -0.1) is 41.5 Å². The first-order valence-electron chi connectivity index (χ1n) is 15.0. The van der Waals surface area contributed by atoms with Crippen LogP contribution in [0.15, 0.2) is 109 Å². The second kappa shape index (κ2) is 11.3. The zero-order valence-corrected chi connectivity index (χ0v) is 28.0. The van der Waals surface area contributed by atoms with Crippen molar-refractivity contribution in [3.05, 3.63) is 145 Å². The van der Waals surface area contributed by atoms with E-state index in [0.29, 0.717) is 0 Å². The maximum Gasteiger partial charge on any atom is 3.00 e. The summed E-state index contributed by atoms with van der Waals surface area (Å²) in [6.07, 6.45) is 1.92. The van der Waals surface area contributed by atoms with Crippen molar-refractivity contribution in [1.82, 2.24) is 9.38 Å². The Balaban J connectivity index is 0.000000173. The van der Waals surface area contributed by atoms with Crippen molar-refractivity contribution < 1.29 is 20.1 Å². The van der Waals surface area contributed by atoms with Gasteiger partial charge < -0.3 is 19.2 Å². The van der Waals surface area contributed by atoms with Gasteiger partial charge in [0.15, 0.2) is 0 Å². The minimum Gasteiger partial charge on any atom is -0.504 e. The number of aryl methyl sites for hydroxylation is 3. The summed E-state index contributed by atoms with van der Waals surface area (Å²) in [5.41, 5.74) is 13.1. The molecule has 0 saturated carbocycles. The van der Waals surface area contributed by atoms with Gasteiger partial charge in [0.2, 0.25) is 0 Å². The number of hydrogen-bond donors (Lipinski definition) is 0. The second-order valence-electron chi connectivity index (χ2n) is 11.7. The third kappa shape index (κ3) is 4.66. The molecule has 0 N–H and O–H groups in total. The molecule has 0 fully saturated rings. The van der Waals surface area contributed by atoms with Crippen LogP contribution in [0, 0.1) is 39.6 Å². The smallest absolute Gasteiger partial charge is 0.504 e. The molecule has 0 unspecified atom stereocenters. The van der Waals surface area contributed by atoms with E-state index in [1.807, 2.05) is 12.3 Å². The quantitative estimate of drug-likeness (QED) is 0.164. The van der Waals surface area contributed by atoms with Crippen molar-refractivity contribution in [3.63, 3.8) is 0 Å². The molecule has 0 radical (unpaired) electrons. The Kier molecular flexibility index (Phi) is 7.32. The van der Waals surface area contributed by atoms with Crippen molar-refractivity contribution >= 4 is 55.2 Å². The van der Waals surface area contributed by atoms with E-state index in [0.717, 1.165) is 16.9 Å². The van der Waals surface area contributed by atoms with E-state index in [2.05, 4.69) is 163 Å². The first kappa shape index (κ1) is 29.0. The topological polar surface area (TPSA) is 23.8 Å². The van der Waals surface area contributed by atoms with Crippen LogP contribution in [0.3, 0.4) is 0 Å². The van der Waals surface area contributed by atoms with Crippen LogP contribution in [0.2, 0.25) is 0 Å². The van der Waals surface area contributed by atoms with Gasteiger partial charge in [0.05, 0.1) is 5.52 Å². The van der Waals surface area contributed by atoms with Gasteiger partial charge in [-0.05, 0) is 55.7 Å². The molecule has 4 heterocycles. The molecule has 1 aliphatic heterocycles. The molecular weight excluding hydrogens is 729 g/mol. The van der Waals surface area contributed by atoms with Gasteiger partial charge in [-0.3, -0.25) is 0 Å². The van der Waals surface area contributed by atoms with Gasteiger partial charge in [0, 0.05) is 33.9 Å². The molecule has 0 saturated heterocycles. The Hall–Kier alpha value is -4.70. The minimum absolute atomic E-state index is 0. The molecule has 0 spiro atoms. The van der Waals surface area contributed by atoms with Crippen molar-refractivity contribution in [1.29, 1.82) is 0 Å². The fourth-order valence-corrected chi connectivity index (χ4v) is 6.46. The number of benzene rings is 5. The van der Waals surface area contributed by atoms with Gasteiger partial charge in [-0.2, -0.15) is 18.8 Å². The molecule has 3 aromatic heterocycles. The molecule has 9 rings (SSSR count). The molecule has 0 atom stereocenters. The third-order valence-electron chi connectivity index (χ3n) is 8.83. The van der Waals surface area contributed by atoms with Crippen LogP contribution in [0.25, 0.3) is 49.4 Å². The summed E-state index contributed by atoms with van der Waals surface area (Å²) in [5.74, 6) is 0. The van der Waals surface area contributed by atoms with E-state index in [9.17, 15) is 0 Å². The van der Waals surface area contributed by atoms with Crippen LogP contribution in [0.4, 0.5) is 17.1 Å². The number of pyridine rings is 1. The summed E-state index contributed by atoms with van der Waals surface area (Å²) in [5, 5.41) is 5.14. The molecule has 0 aliphatic carbocycles. The summed E-state index contributed by atoms with van der Waals surface area (Å²) in [4.78, 5) is 8.85. The Morgan fingerprint density at radius 2 is 1.47 bits per heavy atom. The summed E-state index contributed by atoms with van der Waals surface area (Å²) in [6.45, 7) is 8.40. The number of aromatic nitrogens is 2. The zero-order valence-electron chi connectivity index (χ0n) is 25.6. The van der Waals surface area contributed by atoms with E-state index in [-0.39, 0.29) is 20.1 Å². The maximum atomic E-state index is 4.41. The van der Waals surface area contributed by atoms with Crippen molar-refractivity contribution in [2.45, 2.75) is 20.8 Å². The van der Waals surface area contributed by atoms with Crippen LogP contribution in [-0.4, -0.2) is 16.4 Å². The van der Waals surface area contributed by atoms with Crippen molar-refractivity contribution in [2.75, 3.05) is 16.8 Å². The molecule has 220 valence electrons. The molecule has 1 aliphatic rings. The number of nitrogens with zero attached hydrogens (tertiary/aromatic N) is 4. The fraction of sp³-hybridized carbons (Fsp3) is 0.100. The minimum atomic E-state index is 0. The molecule has 5 heteroatoms. The summed E-state index contributed by atoms with van der Waals surface area (Å²) in [6, 6.07) is 43.1. The van der Waals surface area contributed by atoms with Gasteiger partial charge in [0.1, 0.15) is 0 Å². The fourth-order valence-electron chi connectivity index (χ4n) is 6.46. The van der Waals surface area contributed by atoms with E-state index in [4.69, 9.17) is 0 Å². The summed E-state index contributed by atoms with van der Waals surface area (Å²) in [7, 11) is 2.10. The number of rotatable bonds is 2. The zero-order chi connectivity index (χ0) is 29.9. The monoisotopic (exact) mass is 760 g/mol. The van der Waals surface area contributed by atoms with Crippen LogP contribution >= 0.6 is 0 Å². The van der Waals surface area contributed by atoms with Gasteiger partial charge in [-0.1, -0.05) is 83.7 Å². The Morgan fingerprint density at radius 3 is 2.27 bits per heavy atom. The van der Waals surface area contributed by atoms with Gasteiger partial charge >= 0.3 is 20.1 Å². The van der Waals surface area contributed by atoms with E-state index in [1.165, 1.54) is 66.2 Å². The number of anilines is 3. The predicted octanol–water partition coefficient (Wildman–Crippen LogP) is 9.82. The Bertz CT molecular complexity index is 2320. The van der Waals surface area contributed by atoms with Gasteiger partial charge in [0.25, 0.3) is 0 Å². The molecule has 8 aromatic rings. The molecule has 45 heavy (non-hydrogen) atoms. The van der Waals surface area contributed by atoms with Crippen molar-refractivity contribution in [2.24, 2.45) is 0 Å². The molecule has 0 bridgehead atoms. The number of hydrogen-bond acceptors (Lipinski definition) is 3.